The third-order valence-electron chi connectivity index (χ3n) is 1.51. The summed E-state index contributed by atoms with van der Waals surface area (Å²) >= 11 is 3.28. The molecule has 0 saturated carbocycles. The molecule has 3 nitrogen and oxygen atoms in total. The minimum absolute atomic E-state index is 0.258. The van der Waals surface area contributed by atoms with Crippen molar-refractivity contribution in [3.05, 3.63) is 28.5 Å². The van der Waals surface area contributed by atoms with Crippen molar-refractivity contribution in [3.63, 3.8) is 0 Å². The molecule has 0 N–H and O–H groups in total. The number of aliphatic imine (C=N–C) groups is 1. The molecule has 0 aliphatic rings. The van der Waals surface area contributed by atoms with Gasteiger partial charge in [0.25, 0.3) is 0 Å². The highest BCUT2D eigenvalue weighted by atomic mass is 79.9. The van der Waals surface area contributed by atoms with E-state index >= 15 is 0 Å². The van der Waals surface area contributed by atoms with Gasteiger partial charge in [0.2, 0.25) is 0 Å². The third kappa shape index (κ3) is 1.65. The SMILES string of the molecule is C=Cc1c(Br)cnc(C#N)c1N=C. The fourth-order valence-corrected chi connectivity index (χ4v) is 1.38. The van der Waals surface area contributed by atoms with Gasteiger partial charge >= 0.3 is 0 Å². The van der Waals surface area contributed by atoms with Crippen LogP contribution in [-0.4, -0.2) is 11.7 Å². The highest BCUT2D eigenvalue weighted by Gasteiger charge is 2.08. The van der Waals surface area contributed by atoms with Crippen LogP contribution in [0, 0.1) is 11.3 Å². The first-order chi connectivity index (χ1) is 6.24. The zero-order valence-electron chi connectivity index (χ0n) is 6.79. The second kappa shape index (κ2) is 3.97. The van der Waals surface area contributed by atoms with Gasteiger partial charge in [-0.25, -0.2) is 4.98 Å². The van der Waals surface area contributed by atoms with Crippen LogP contribution in [0.5, 0.6) is 0 Å². The molecule has 0 saturated heterocycles. The number of pyridine rings is 1. The maximum Gasteiger partial charge on any atom is 0.166 e. The van der Waals surface area contributed by atoms with E-state index in [4.69, 9.17) is 5.26 Å². The lowest BCUT2D eigenvalue weighted by atomic mass is 10.2. The third-order valence-corrected chi connectivity index (χ3v) is 2.14. The lowest BCUT2D eigenvalue weighted by Gasteiger charge is -2.03. The van der Waals surface area contributed by atoms with Crippen LogP contribution in [0.2, 0.25) is 0 Å². The summed E-state index contributed by atoms with van der Waals surface area (Å²) in [5, 5.41) is 8.71. The lowest BCUT2D eigenvalue weighted by Crippen LogP contribution is -1.87. The fourth-order valence-electron chi connectivity index (χ4n) is 0.929. The number of hydrogen-bond acceptors (Lipinski definition) is 3. The van der Waals surface area contributed by atoms with Gasteiger partial charge in [-0.15, -0.1) is 0 Å². The second-order valence-corrected chi connectivity index (χ2v) is 3.05. The van der Waals surface area contributed by atoms with Crippen molar-refractivity contribution in [1.82, 2.24) is 4.98 Å². The quantitative estimate of drug-likeness (QED) is 0.741. The van der Waals surface area contributed by atoms with Gasteiger partial charge in [0.05, 0.1) is 0 Å². The minimum atomic E-state index is 0.258. The molecule has 0 spiro atoms. The molecule has 1 heterocycles. The number of rotatable bonds is 2. The predicted molar refractivity (Wildman–Crippen MR) is 56.0 cm³/mol. The normalized spacial score (nSPS) is 8.92. The van der Waals surface area contributed by atoms with E-state index in [0.29, 0.717) is 5.69 Å². The van der Waals surface area contributed by atoms with Crippen LogP contribution >= 0.6 is 15.9 Å². The largest absolute Gasteiger partial charge is 0.261 e. The zero-order chi connectivity index (χ0) is 9.84. The van der Waals surface area contributed by atoms with Gasteiger partial charge in [-0.2, -0.15) is 5.26 Å². The van der Waals surface area contributed by atoms with Gasteiger partial charge < -0.3 is 0 Å². The molecular weight excluding hydrogens is 230 g/mol. The van der Waals surface area contributed by atoms with Crippen LogP contribution in [0.25, 0.3) is 6.08 Å². The molecule has 0 fully saturated rings. The van der Waals surface area contributed by atoms with Gasteiger partial charge in [-0.05, 0) is 22.6 Å². The van der Waals surface area contributed by atoms with Crippen molar-refractivity contribution in [2.45, 2.75) is 0 Å². The van der Waals surface area contributed by atoms with Crippen LogP contribution in [0.4, 0.5) is 5.69 Å². The van der Waals surface area contributed by atoms with Crippen molar-refractivity contribution >= 4 is 34.4 Å². The fraction of sp³-hybridized carbons (Fsp3) is 0. The smallest absolute Gasteiger partial charge is 0.166 e. The Balaban J connectivity index is 3.56. The first-order valence-electron chi connectivity index (χ1n) is 3.42. The molecule has 0 aromatic carbocycles. The maximum absolute atomic E-state index is 8.71. The summed E-state index contributed by atoms with van der Waals surface area (Å²) in [6.07, 6.45) is 3.15. The van der Waals surface area contributed by atoms with Crippen molar-refractivity contribution in [3.8, 4) is 6.07 Å². The van der Waals surface area contributed by atoms with Crippen LogP contribution in [0.15, 0.2) is 22.2 Å². The summed E-state index contributed by atoms with van der Waals surface area (Å²) in [5.41, 5.74) is 1.46. The standard InChI is InChI=1S/C9H6BrN3/c1-3-6-7(10)5-13-8(4-11)9(6)12-2/h3,5H,1-2H2. The van der Waals surface area contributed by atoms with Crippen LogP contribution < -0.4 is 0 Å². The topological polar surface area (TPSA) is 49.0 Å². The van der Waals surface area contributed by atoms with Gasteiger partial charge in [0, 0.05) is 16.2 Å². The Morgan fingerprint density at radius 1 is 1.69 bits per heavy atom. The maximum atomic E-state index is 8.71. The summed E-state index contributed by atoms with van der Waals surface area (Å²) < 4.78 is 0.754. The summed E-state index contributed by atoms with van der Waals surface area (Å²) in [6, 6.07) is 1.93. The number of nitrogens with zero attached hydrogens (tertiary/aromatic N) is 3. The lowest BCUT2D eigenvalue weighted by molar-refractivity contribution is 1.23. The van der Waals surface area contributed by atoms with E-state index in [1.54, 1.807) is 12.3 Å². The Kier molecular flexibility index (Phi) is 2.93. The molecule has 0 radical (unpaired) electrons. The van der Waals surface area contributed by atoms with Gasteiger partial charge in [-0.3, -0.25) is 4.99 Å². The monoisotopic (exact) mass is 235 g/mol. The number of hydrogen-bond donors (Lipinski definition) is 0. The first kappa shape index (κ1) is 9.62. The molecule has 0 unspecified atom stereocenters. The van der Waals surface area contributed by atoms with E-state index in [9.17, 15) is 0 Å². The van der Waals surface area contributed by atoms with Crippen molar-refractivity contribution in [1.29, 1.82) is 5.26 Å². The molecule has 0 amide bonds. The van der Waals surface area contributed by atoms with Crippen LogP contribution in [-0.2, 0) is 0 Å². The predicted octanol–water partition coefficient (Wildman–Crippen LogP) is 2.69. The number of aromatic nitrogens is 1. The summed E-state index contributed by atoms with van der Waals surface area (Å²) in [5.74, 6) is 0. The molecule has 0 atom stereocenters. The molecule has 1 aromatic heterocycles. The number of nitriles is 1. The summed E-state index contributed by atoms with van der Waals surface area (Å²) in [7, 11) is 0. The number of halogens is 1. The molecule has 4 heteroatoms. The van der Waals surface area contributed by atoms with E-state index in [1.807, 2.05) is 6.07 Å². The van der Waals surface area contributed by atoms with E-state index < -0.39 is 0 Å². The van der Waals surface area contributed by atoms with E-state index in [1.165, 1.54) is 0 Å². The second-order valence-electron chi connectivity index (χ2n) is 2.19. The Morgan fingerprint density at radius 3 is 2.85 bits per heavy atom. The zero-order valence-corrected chi connectivity index (χ0v) is 8.37. The molecule has 0 aliphatic carbocycles. The Labute approximate surface area is 84.6 Å². The highest BCUT2D eigenvalue weighted by Crippen LogP contribution is 2.29. The minimum Gasteiger partial charge on any atom is -0.261 e. The van der Waals surface area contributed by atoms with Crippen molar-refractivity contribution in [2.24, 2.45) is 4.99 Å². The molecular formula is C9H6BrN3. The molecule has 1 aromatic rings. The van der Waals surface area contributed by atoms with Gasteiger partial charge in [-0.1, -0.05) is 12.7 Å². The van der Waals surface area contributed by atoms with E-state index in [2.05, 4.69) is 39.2 Å². The first-order valence-corrected chi connectivity index (χ1v) is 4.21. The Bertz CT molecular complexity index is 404. The van der Waals surface area contributed by atoms with Crippen molar-refractivity contribution in [2.75, 3.05) is 0 Å². The molecule has 0 bridgehead atoms. The molecule has 0 aliphatic heterocycles. The van der Waals surface area contributed by atoms with Gasteiger partial charge in [0.15, 0.2) is 5.69 Å². The molecule has 13 heavy (non-hydrogen) atoms. The van der Waals surface area contributed by atoms with Crippen molar-refractivity contribution < 1.29 is 0 Å². The highest BCUT2D eigenvalue weighted by molar-refractivity contribution is 9.10. The van der Waals surface area contributed by atoms with Crippen LogP contribution in [0.3, 0.4) is 0 Å². The Hall–Kier alpha value is -1.47. The molecule has 64 valence electrons. The average molecular weight is 236 g/mol. The van der Waals surface area contributed by atoms with E-state index in [-0.39, 0.29) is 5.69 Å². The molecule has 1 rings (SSSR count). The average Bonchev–Trinajstić information content (AvgIpc) is 2.17. The van der Waals surface area contributed by atoms with Crippen LogP contribution in [0.1, 0.15) is 11.3 Å². The van der Waals surface area contributed by atoms with E-state index in [0.717, 1.165) is 10.0 Å². The van der Waals surface area contributed by atoms with Gasteiger partial charge in [0.1, 0.15) is 11.8 Å². The Morgan fingerprint density at radius 2 is 2.38 bits per heavy atom. The summed E-state index contributed by atoms with van der Waals surface area (Å²) in [4.78, 5) is 7.62. The summed E-state index contributed by atoms with van der Waals surface area (Å²) in [6.45, 7) is 7.00.